The van der Waals surface area contributed by atoms with Crippen LogP contribution in [-0.4, -0.2) is 62.1 Å². The van der Waals surface area contributed by atoms with Crippen LogP contribution in [0.4, 0.5) is 4.79 Å². The topological polar surface area (TPSA) is 137 Å². The molecule has 0 radical (unpaired) electrons. The first-order valence-corrected chi connectivity index (χ1v) is 8.34. The van der Waals surface area contributed by atoms with Gasteiger partial charge in [-0.05, 0) is 12.8 Å². The van der Waals surface area contributed by atoms with Crippen LogP contribution in [0.5, 0.6) is 0 Å². The fourth-order valence-corrected chi connectivity index (χ4v) is 2.13. The van der Waals surface area contributed by atoms with Crippen molar-refractivity contribution < 1.29 is 38.0 Å². The standard InChI is InChI=1S/C10H15N3O3.C2H7O4P/c1-12-8(11)4-5-13(10(12)15)9-3-2-7(6-14)16-9;1-5-7(3,4)6-2/h4-5,7,9,11,14H,2-3,6H2,1H3;1-2H3,(H,3,4). The number of aliphatic hydroxyl groups excluding tert-OH is 1. The zero-order valence-corrected chi connectivity index (χ0v) is 14.1. The van der Waals surface area contributed by atoms with E-state index in [1.54, 1.807) is 19.3 Å². The van der Waals surface area contributed by atoms with Gasteiger partial charge in [-0.2, -0.15) is 0 Å². The average molecular weight is 351 g/mol. The number of aliphatic hydroxyl groups is 1. The van der Waals surface area contributed by atoms with E-state index in [0.717, 1.165) is 27.1 Å². The maximum atomic E-state index is 11.9. The maximum absolute atomic E-state index is 11.9. The number of ether oxygens (including phenoxy) is 1. The first-order chi connectivity index (χ1) is 10.8. The third-order valence-electron chi connectivity index (χ3n) is 3.41. The van der Waals surface area contributed by atoms with Gasteiger partial charge in [0.25, 0.3) is 7.82 Å². The second-order valence-corrected chi connectivity index (χ2v) is 6.48. The second kappa shape index (κ2) is 8.65. The molecule has 0 aromatic carbocycles. The third-order valence-corrected chi connectivity index (χ3v) is 4.30. The number of rotatable bonds is 4. The molecule has 2 amide bonds. The first kappa shape index (κ1) is 19.9. The van der Waals surface area contributed by atoms with Crippen molar-refractivity contribution in [1.82, 2.24) is 4.90 Å². The van der Waals surface area contributed by atoms with E-state index in [2.05, 4.69) is 9.05 Å². The molecule has 1 saturated heterocycles. The predicted molar refractivity (Wildman–Crippen MR) is 77.6 cm³/mol. The van der Waals surface area contributed by atoms with Crippen LogP contribution in [0, 0.1) is 5.41 Å². The smallest absolute Gasteiger partial charge is 0.429 e. The van der Waals surface area contributed by atoms with Crippen LogP contribution in [0.3, 0.4) is 0 Å². The van der Waals surface area contributed by atoms with Crippen molar-refractivity contribution in [2.45, 2.75) is 25.2 Å². The Labute approximate surface area is 134 Å². The molecule has 132 valence electrons. The highest BCUT2D eigenvalue weighted by atomic mass is 31.2. The van der Waals surface area contributed by atoms with Gasteiger partial charge in [0.15, 0.2) is 0 Å². The van der Waals surface area contributed by atoms with Crippen LogP contribution in [0.25, 0.3) is 0 Å². The summed E-state index contributed by atoms with van der Waals surface area (Å²) in [5.41, 5.74) is 0. The molecule has 1 fully saturated rings. The quantitative estimate of drug-likeness (QED) is 0.534. The summed E-state index contributed by atoms with van der Waals surface area (Å²) in [5, 5.41) is 16.5. The molecule has 0 bridgehead atoms. The third kappa shape index (κ3) is 5.47. The molecule has 0 aromatic rings. The van der Waals surface area contributed by atoms with E-state index in [9.17, 15) is 14.3 Å². The lowest BCUT2D eigenvalue weighted by atomic mass is 10.2. The van der Waals surface area contributed by atoms with E-state index in [1.165, 1.54) is 4.90 Å². The van der Waals surface area contributed by atoms with Crippen molar-refractivity contribution in [3.8, 4) is 0 Å². The number of carbonyl (C=O) groups excluding carboxylic acids is 1. The number of carbonyl (C=O) groups is 1. The van der Waals surface area contributed by atoms with E-state index < -0.39 is 7.82 Å². The Hall–Kier alpha value is -1.13. The summed E-state index contributed by atoms with van der Waals surface area (Å²) in [6.45, 7) is -0.0131. The molecule has 2 rings (SSSR count). The summed E-state index contributed by atoms with van der Waals surface area (Å²) < 4.78 is 23.2. The minimum absolute atomic E-state index is 0.0131. The monoisotopic (exact) mass is 351 g/mol. The zero-order valence-electron chi connectivity index (χ0n) is 13.2. The normalized spacial score (nSPS) is 27.9. The van der Waals surface area contributed by atoms with E-state index >= 15 is 0 Å². The summed E-state index contributed by atoms with van der Waals surface area (Å²) in [6, 6.07) is -0.184. The number of amides is 2. The minimum atomic E-state index is -3.90. The summed E-state index contributed by atoms with van der Waals surface area (Å²) >= 11 is 0. The van der Waals surface area contributed by atoms with Gasteiger partial charge in [-0.25, -0.2) is 14.6 Å². The molecule has 3 atom stereocenters. The summed E-state index contributed by atoms with van der Waals surface area (Å²) in [5.74, 6) is 0.248. The maximum Gasteiger partial charge on any atom is 0.429 e. The fourth-order valence-electron chi connectivity index (χ4n) is 1.98. The molecule has 0 aromatic heterocycles. The van der Waals surface area contributed by atoms with Gasteiger partial charge >= 0.3 is 6.03 Å². The molecule has 0 saturated carbocycles. The van der Waals surface area contributed by atoms with Gasteiger partial charge in [-0.3, -0.25) is 9.97 Å². The molecule has 0 aliphatic carbocycles. The number of nitrogens with zero attached hydrogens (tertiary/aromatic N) is 1. The van der Waals surface area contributed by atoms with Crippen molar-refractivity contribution in [2.75, 3.05) is 27.9 Å². The SMILES string of the molecule is COP(=O)([O-])OC.C[NH+]1C(=N)C=CN(C2CCC(CO)O2)C1=O. The van der Waals surface area contributed by atoms with Gasteiger partial charge in [0, 0.05) is 26.5 Å². The Morgan fingerprint density at radius 3 is 2.57 bits per heavy atom. The predicted octanol–water partition coefficient (Wildman–Crippen LogP) is -1.33. The van der Waals surface area contributed by atoms with Crippen molar-refractivity contribution in [2.24, 2.45) is 0 Å². The summed E-state index contributed by atoms with van der Waals surface area (Å²) in [4.78, 5) is 23.8. The number of phosphoric ester groups is 1. The van der Waals surface area contributed by atoms with Crippen molar-refractivity contribution in [1.29, 1.82) is 5.41 Å². The highest BCUT2D eigenvalue weighted by Gasteiger charge is 2.38. The van der Waals surface area contributed by atoms with E-state index in [-0.39, 0.29) is 30.8 Å². The number of nitrogens with one attached hydrogen (secondary N) is 2. The van der Waals surface area contributed by atoms with Gasteiger partial charge < -0.3 is 23.8 Å². The number of quaternary nitrogens is 1. The van der Waals surface area contributed by atoms with Gasteiger partial charge in [-0.15, -0.1) is 0 Å². The number of likely N-dealkylation sites (N-methyl/N-ethyl adjacent to an activating group) is 1. The Balaban J connectivity index is 0.000000322. The number of amidine groups is 1. The van der Waals surface area contributed by atoms with Crippen molar-refractivity contribution in [3.05, 3.63) is 12.3 Å². The van der Waals surface area contributed by atoms with Gasteiger partial charge in [0.05, 0.1) is 19.8 Å². The Morgan fingerprint density at radius 2 is 2.13 bits per heavy atom. The molecular weight excluding hydrogens is 329 g/mol. The molecule has 11 heteroatoms. The molecule has 2 aliphatic heterocycles. The lowest BCUT2D eigenvalue weighted by Crippen LogP contribution is -3.16. The van der Waals surface area contributed by atoms with Crippen molar-refractivity contribution >= 4 is 19.7 Å². The molecule has 23 heavy (non-hydrogen) atoms. The average Bonchev–Trinajstić information content (AvgIpc) is 3.02. The van der Waals surface area contributed by atoms with Gasteiger partial charge in [0.1, 0.15) is 6.23 Å². The van der Waals surface area contributed by atoms with Crippen LogP contribution in [-0.2, 0) is 18.3 Å². The molecule has 3 unspecified atom stereocenters. The van der Waals surface area contributed by atoms with Crippen LogP contribution in [0.15, 0.2) is 12.3 Å². The zero-order chi connectivity index (χ0) is 17.6. The molecule has 2 heterocycles. The Kier molecular flexibility index (Phi) is 7.49. The number of hydrogen-bond acceptors (Lipinski definition) is 8. The highest BCUT2D eigenvalue weighted by Crippen LogP contribution is 2.34. The Bertz CT molecular complexity index is 505. The molecule has 3 N–H and O–H groups in total. The number of phosphoric acid groups is 1. The van der Waals surface area contributed by atoms with Gasteiger partial charge in [0.2, 0.25) is 5.84 Å². The van der Waals surface area contributed by atoms with E-state index in [4.69, 9.17) is 15.3 Å². The van der Waals surface area contributed by atoms with Crippen LogP contribution >= 0.6 is 7.82 Å². The van der Waals surface area contributed by atoms with Crippen LogP contribution in [0.2, 0.25) is 0 Å². The highest BCUT2D eigenvalue weighted by molar-refractivity contribution is 7.45. The minimum Gasteiger partial charge on any atom is -0.756 e. The van der Waals surface area contributed by atoms with Crippen molar-refractivity contribution in [3.63, 3.8) is 0 Å². The summed E-state index contributed by atoms with van der Waals surface area (Å²) in [7, 11) is -0.188. The Morgan fingerprint density at radius 1 is 1.52 bits per heavy atom. The fraction of sp³-hybridized carbons (Fsp3) is 0.667. The molecule has 2 aliphatic rings. The van der Waals surface area contributed by atoms with Crippen LogP contribution in [0.1, 0.15) is 12.8 Å². The lowest BCUT2D eigenvalue weighted by molar-refractivity contribution is -0.694. The largest absolute Gasteiger partial charge is 0.756 e. The number of hydrogen-bond donors (Lipinski definition) is 3. The molecular formula is C12H22N3O7P. The molecule has 10 nitrogen and oxygen atoms in total. The van der Waals surface area contributed by atoms with Gasteiger partial charge in [-0.1, -0.05) is 0 Å². The molecule has 0 spiro atoms. The second-order valence-electron chi connectivity index (χ2n) is 4.85. The lowest BCUT2D eigenvalue weighted by Gasteiger charge is -2.28. The van der Waals surface area contributed by atoms with E-state index in [1.807, 2.05) is 0 Å². The van der Waals surface area contributed by atoms with E-state index in [0.29, 0.717) is 4.90 Å². The van der Waals surface area contributed by atoms with Crippen LogP contribution < -0.4 is 9.79 Å². The number of urea groups is 1. The summed E-state index contributed by atoms with van der Waals surface area (Å²) in [6.07, 6.45) is 4.18. The first-order valence-electron chi connectivity index (χ1n) is 6.88.